The highest BCUT2D eigenvalue weighted by atomic mass is 32.2. The van der Waals surface area contributed by atoms with Crippen LogP contribution in [0, 0.1) is 0 Å². The molecule has 0 aliphatic carbocycles. The lowest BCUT2D eigenvalue weighted by molar-refractivity contribution is -0.137. The van der Waals surface area contributed by atoms with Crippen molar-refractivity contribution in [1.29, 1.82) is 0 Å². The topological polar surface area (TPSA) is 99.6 Å². The maximum absolute atomic E-state index is 12.4. The summed E-state index contributed by atoms with van der Waals surface area (Å²) in [5.41, 5.74) is 0. The van der Waals surface area contributed by atoms with E-state index in [0.29, 0.717) is 27.4 Å². The fourth-order valence-electron chi connectivity index (χ4n) is 1.85. The summed E-state index contributed by atoms with van der Waals surface area (Å²) in [5.74, 6) is 0.645. The standard InChI is InChI=1S/C16H19N3O5S2/c1-4-12(24-11-7-5-6-10(8-11)22-2)14(21)17-15-18-19-16(26-15)25-9-13(20)23-3/h5-8,12H,4,9H2,1-3H3,(H,17,18,21)/t12-/m1/s1. The number of ether oxygens (including phenoxy) is 3. The highest BCUT2D eigenvalue weighted by Crippen LogP contribution is 2.26. The van der Waals surface area contributed by atoms with Gasteiger partial charge in [-0.1, -0.05) is 36.1 Å². The second-order valence-electron chi connectivity index (χ2n) is 4.92. The summed E-state index contributed by atoms with van der Waals surface area (Å²) in [4.78, 5) is 23.6. The number of thioether (sulfide) groups is 1. The predicted molar refractivity (Wildman–Crippen MR) is 99.0 cm³/mol. The summed E-state index contributed by atoms with van der Waals surface area (Å²) in [5, 5.41) is 10.8. The summed E-state index contributed by atoms with van der Waals surface area (Å²) in [7, 11) is 2.89. The number of benzene rings is 1. The molecule has 10 heteroatoms. The van der Waals surface area contributed by atoms with Gasteiger partial charge in [-0.15, -0.1) is 10.2 Å². The van der Waals surface area contributed by atoms with Crippen molar-refractivity contribution in [1.82, 2.24) is 10.2 Å². The lowest BCUT2D eigenvalue weighted by Gasteiger charge is -2.16. The van der Waals surface area contributed by atoms with Gasteiger partial charge in [0.05, 0.1) is 20.0 Å². The summed E-state index contributed by atoms with van der Waals surface area (Å²) in [6.07, 6.45) is -0.205. The van der Waals surface area contributed by atoms with Crippen molar-refractivity contribution in [3.63, 3.8) is 0 Å². The average Bonchev–Trinajstić information content (AvgIpc) is 3.11. The number of carbonyl (C=O) groups is 2. The highest BCUT2D eigenvalue weighted by Gasteiger charge is 2.20. The Morgan fingerprint density at radius 3 is 2.73 bits per heavy atom. The van der Waals surface area contributed by atoms with Gasteiger partial charge in [-0.3, -0.25) is 14.9 Å². The Morgan fingerprint density at radius 2 is 2.04 bits per heavy atom. The summed E-state index contributed by atoms with van der Waals surface area (Å²) >= 11 is 2.38. The van der Waals surface area contributed by atoms with Crippen molar-refractivity contribution in [2.24, 2.45) is 0 Å². The SMILES string of the molecule is CC[C@@H](Oc1cccc(OC)c1)C(=O)Nc1nnc(SCC(=O)OC)s1. The molecule has 2 rings (SSSR count). The molecular formula is C16H19N3O5S2. The van der Waals surface area contributed by atoms with Gasteiger partial charge in [-0.05, 0) is 18.6 Å². The molecule has 0 radical (unpaired) electrons. The third-order valence-electron chi connectivity index (χ3n) is 3.16. The van der Waals surface area contributed by atoms with E-state index in [9.17, 15) is 9.59 Å². The lowest BCUT2D eigenvalue weighted by Crippen LogP contribution is -2.32. The minimum absolute atomic E-state index is 0.135. The van der Waals surface area contributed by atoms with E-state index in [4.69, 9.17) is 9.47 Å². The van der Waals surface area contributed by atoms with E-state index in [0.717, 1.165) is 0 Å². The van der Waals surface area contributed by atoms with Gasteiger partial charge in [0, 0.05) is 6.07 Å². The van der Waals surface area contributed by atoms with Gasteiger partial charge in [0.25, 0.3) is 5.91 Å². The Labute approximate surface area is 159 Å². The first-order valence-corrected chi connectivity index (χ1v) is 9.50. The number of hydrogen-bond acceptors (Lipinski definition) is 9. The van der Waals surface area contributed by atoms with Crippen LogP contribution in [0.25, 0.3) is 0 Å². The average molecular weight is 397 g/mol. The van der Waals surface area contributed by atoms with E-state index in [1.54, 1.807) is 31.4 Å². The zero-order chi connectivity index (χ0) is 18.9. The van der Waals surface area contributed by atoms with E-state index in [1.807, 2.05) is 6.92 Å². The fourth-order valence-corrected chi connectivity index (χ4v) is 3.43. The molecule has 1 amide bonds. The maximum atomic E-state index is 12.4. The van der Waals surface area contributed by atoms with E-state index in [1.165, 1.54) is 30.2 Å². The van der Waals surface area contributed by atoms with Crippen LogP contribution < -0.4 is 14.8 Å². The first kappa shape index (κ1) is 20.0. The number of aromatic nitrogens is 2. The molecule has 0 aliphatic rings. The normalized spacial score (nSPS) is 11.5. The third kappa shape index (κ3) is 5.88. The smallest absolute Gasteiger partial charge is 0.316 e. The van der Waals surface area contributed by atoms with Gasteiger partial charge >= 0.3 is 5.97 Å². The van der Waals surface area contributed by atoms with E-state index in [-0.39, 0.29) is 17.6 Å². The van der Waals surface area contributed by atoms with E-state index in [2.05, 4.69) is 20.3 Å². The Morgan fingerprint density at radius 1 is 1.27 bits per heavy atom. The van der Waals surface area contributed by atoms with Gasteiger partial charge in [0.1, 0.15) is 11.5 Å². The molecule has 0 saturated heterocycles. The molecule has 0 saturated carbocycles. The molecule has 1 aromatic heterocycles. The molecule has 0 bridgehead atoms. The van der Waals surface area contributed by atoms with Crippen LogP contribution in [0.5, 0.6) is 11.5 Å². The molecule has 0 spiro atoms. The quantitative estimate of drug-likeness (QED) is 0.392. The van der Waals surface area contributed by atoms with Crippen LogP contribution in [-0.4, -0.2) is 48.2 Å². The Hall–Kier alpha value is -2.33. The van der Waals surface area contributed by atoms with E-state index < -0.39 is 6.10 Å². The Kier molecular flexibility index (Phi) is 7.67. The zero-order valence-electron chi connectivity index (χ0n) is 14.6. The van der Waals surface area contributed by atoms with Crippen LogP contribution in [0.15, 0.2) is 28.6 Å². The molecule has 1 heterocycles. The largest absolute Gasteiger partial charge is 0.497 e. The summed E-state index contributed by atoms with van der Waals surface area (Å²) in [6.45, 7) is 1.85. The first-order chi connectivity index (χ1) is 12.5. The third-order valence-corrected chi connectivity index (χ3v) is 5.11. The van der Waals surface area contributed by atoms with Crippen molar-refractivity contribution >= 4 is 40.1 Å². The molecule has 26 heavy (non-hydrogen) atoms. The molecule has 2 aromatic rings. The molecule has 140 valence electrons. The number of hydrogen-bond donors (Lipinski definition) is 1. The van der Waals surface area contributed by atoms with Crippen LogP contribution in [0.2, 0.25) is 0 Å². The Bertz CT molecular complexity index is 753. The summed E-state index contributed by atoms with van der Waals surface area (Å²) < 4.78 is 16.0. The first-order valence-electron chi connectivity index (χ1n) is 7.70. The number of nitrogens with zero attached hydrogens (tertiary/aromatic N) is 2. The van der Waals surface area contributed by atoms with E-state index >= 15 is 0 Å². The molecule has 0 fully saturated rings. The van der Waals surface area contributed by atoms with Crippen molar-refractivity contribution in [2.45, 2.75) is 23.8 Å². The van der Waals surface area contributed by atoms with Gasteiger partial charge in [-0.25, -0.2) is 0 Å². The lowest BCUT2D eigenvalue weighted by atomic mass is 10.2. The second kappa shape index (κ2) is 9.97. The Balaban J connectivity index is 1.94. The minimum Gasteiger partial charge on any atom is -0.497 e. The van der Waals surface area contributed by atoms with Crippen LogP contribution in [-0.2, 0) is 14.3 Å². The molecule has 1 N–H and O–H groups in total. The van der Waals surface area contributed by atoms with Crippen LogP contribution in [0.1, 0.15) is 13.3 Å². The van der Waals surface area contributed by atoms with Gasteiger partial charge < -0.3 is 14.2 Å². The van der Waals surface area contributed by atoms with Crippen LogP contribution in [0.3, 0.4) is 0 Å². The molecular weight excluding hydrogens is 378 g/mol. The predicted octanol–water partition coefficient (Wildman–Crippen LogP) is 2.61. The molecule has 1 aromatic carbocycles. The number of anilines is 1. The summed E-state index contributed by atoms with van der Waals surface area (Å²) in [6, 6.07) is 7.05. The maximum Gasteiger partial charge on any atom is 0.316 e. The highest BCUT2D eigenvalue weighted by molar-refractivity contribution is 8.01. The number of methoxy groups -OCH3 is 2. The monoisotopic (exact) mass is 397 g/mol. The molecule has 8 nitrogen and oxygen atoms in total. The number of rotatable bonds is 9. The second-order valence-corrected chi connectivity index (χ2v) is 7.12. The van der Waals surface area contributed by atoms with Crippen molar-refractivity contribution in [3.8, 4) is 11.5 Å². The van der Waals surface area contributed by atoms with Crippen molar-refractivity contribution in [2.75, 3.05) is 25.3 Å². The fraction of sp³-hybridized carbons (Fsp3) is 0.375. The zero-order valence-corrected chi connectivity index (χ0v) is 16.2. The number of esters is 1. The molecule has 0 aliphatic heterocycles. The molecule has 0 unspecified atom stereocenters. The van der Waals surface area contributed by atoms with Crippen molar-refractivity contribution in [3.05, 3.63) is 24.3 Å². The van der Waals surface area contributed by atoms with Gasteiger partial charge in [0.2, 0.25) is 5.13 Å². The van der Waals surface area contributed by atoms with Gasteiger partial charge in [0.15, 0.2) is 10.4 Å². The van der Waals surface area contributed by atoms with Crippen LogP contribution >= 0.6 is 23.1 Å². The van der Waals surface area contributed by atoms with Crippen molar-refractivity contribution < 1.29 is 23.8 Å². The van der Waals surface area contributed by atoms with Crippen LogP contribution in [0.4, 0.5) is 5.13 Å². The number of carbonyl (C=O) groups excluding carboxylic acids is 2. The number of nitrogens with one attached hydrogen (secondary N) is 1. The number of amides is 1. The molecule has 1 atom stereocenters. The van der Waals surface area contributed by atoms with Gasteiger partial charge in [-0.2, -0.15) is 0 Å². The minimum atomic E-state index is -0.683.